The van der Waals surface area contributed by atoms with Gasteiger partial charge in [0.25, 0.3) is 5.91 Å². The number of amides is 1. The van der Waals surface area contributed by atoms with E-state index in [1.807, 2.05) is 0 Å². The summed E-state index contributed by atoms with van der Waals surface area (Å²) >= 11 is 0. The van der Waals surface area contributed by atoms with Crippen molar-refractivity contribution >= 4 is 16.0 Å². The lowest BCUT2D eigenvalue weighted by Gasteiger charge is -2.32. The molecule has 0 aromatic rings. The van der Waals surface area contributed by atoms with E-state index in [1.54, 1.807) is 6.92 Å². The summed E-state index contributed by atoms with van der Waals surface area (Å²) in [5.74, 6) is -0.837. The molecule has 5 nitrogen and oxygen atoms in total. The lowest BCUT2D eigenvalue weighted by molar-refractivity contribution is -0.128. The highest BCUT2D eigenvalue weighted by Crippen LogP contribution is 2.47. The minimum Gasteiger partial charge on any atom is -0.378 e. The number of fused-ring (bicyclic) bond motifs is 1. The Labute approximate surface area is 114 Å². The van der Waals surface area contributed by atoms with Gasteiger partial charge in [0.05, 0.1) is 5.57 Å². The number of halogens is 3. The molecule has 0 aromatic carbocycles. The molecule has 2 rings (SSSR count). The monoisotopic (exact) mass is 313 g/mol. The number of carbonyl (C=O) groups is 1. The van der Waals surface area contributed by atoms with Gasteiger partial charge in [-0.15, -0.1) is 0 Å². The summed E-state index contributed by atoms with van der Waals surface area (Å²) < 4.78 is 64.1. The summed E-state index contributed by atoms with van der Waals surface area (Å²) in [6.45, 7) is 3.37. The van der Waals surface area contributed by atoms with Crippen LogP contribution in [0.2, 0.25) is 0 Å². The number of carbonyl (C=O) groups excluding carboxylic acids is 1. The van der Waals surface area contributed by atoms with Crippen LogP contribution in [0.25, 0.3) is 0 Å². The molecular weight excluding hydrogens is 299 g/mol. The molecule has 0 unspecified atom stereocenters. The van der Waals surface area contributed by atoms with Crippen molar-refractivity contribution in [2.75, 3.05) is 6.54 Å². The highest BCUT2D eigenvalue weighted by molar-refractivity contribution is 7.87. The first-order chi connectivity index (χ1) is 9.07. The Balaban J connectivity index is 2.47. The molecule has 1 fully saturated rings. The van der Waals surface area contributed by atoms with Crippen LogP contribution in [0.15, 0.2) is 11.3 Å². The average molecular weight is 313 g/mol. The number of nitrogens with zero attached hydrogens (tertiary/aromatic N) is 1. The average Bonchev–Trinajstić information content (AvgIpc) is 2.83. The van der Waals surface area contributed by atoms with Gasteiger partial charge >= 0.3 is 15.6 Å². The molecule has 0 aromatic heterocycles. The molecule has 1 saturated heterocycles. The molecule has 0 aliphatic carbocycles. The van der Waals surface area contributed by atoms with Crippen LogP contribution in [-0.2, 0) is 19.1 Å². The summed E-state index contributed by atoms with van der Waals surface area (Å²) in [6.07, 6.45) is 1.31. The second-order valence-electron chi connectivity index (χ2n) is 4.88. The van der Waals surface area contributed by atoms with E-state index in [9.17, 15) is 26.4 Å². The second kappa shape index (κ2) is 4.37. The Hall–Kier alpha value is -1.25. The van der Waals surface area contributed by atoms with Gasteiger partial charge in [0.1, 0.15) is 5.54 Å². The highest BCUT2D eigenvalue weighted by Gasteiger charge is 2.57. The van der Waals surface area contributed by atoms with Crippen LogP contribution in [0, 0.1) is 0 Å². The number of hydrogen-bond acceptors (Lipinski definition) is 4. The first kappa shape index (κ1) is 15.1. The van der Waals surface area contributed by atoms with Crippen molar-refractivity contribution in [1.29, 1.82) is 0 Å². The molecule has 0 bridgehead atoms. The minimum atomic E-state index is -5.76. The zero-order valence-corrected chi connectivity index (χ0v) is 11.8. The molecule has 2 heterocycles. The zero-order valence-electron chi connectivity index (χ0n) is 11.0. The summed E-state index contributed by atoms with van der Waals surface area (Å²) in [5, 5.41) is 0. The van der Waals surface area contributed by atoms with E-state index in [0.717, 1.165) is 0 Å². The van der Waals surface area contributed by atoms with Gasteiger partial charge in [0, 0.05) is 6.54 Å². The van der Waals surface area contributed by atoms with Gasteiger partial charge in [-0.25, -0.2) is 0 Å². The molecule has 9 heteroatoms. The Morgan fingerprint density at radius 2 is 2.00 bits per heavy atom. The molecule has 20 heavy (non-hydrogen) atoms. The summed E-state index contributed by atoms with van der Waals surface area (Å²) in [4.78, 5) is 13.4. The van der Waals surface area contributed by atoms with Crippen molar-refractivity contribution in [3.63, 3.8) is 0 Å². The standard InChI is InChI=1S/C11H14F3NO4S/c1-3-10-5-4-6-15(10)9(16)7(2)8(10)19-20(17,18)11(12,13)14/h3-6H2,1-2H3/t10-/m0/s1. The molecule has 1 atom stereocenters. The van der Waals surface area contributed by atoms with E-state index in [0.29, 0.717) is 25.8 Å². The molecule has 0 N–H and O–H groups in total. The van der Waals surface area contributed by atoms with Crippen molar-refractivity contribution in [1.82, 2.24) is 4.90 Å². The van der Waals surface area contributed by atoms with Crippen molar-refractivity contribution in [2.45, 2.75) is 44.2 Å². The molecule has 1 amide bonds. The third-order valence-electron chi connectivity index (χ3n) is 3.88. The third kappa shape index (κ3) is 1.90. The van der Waals surface area contributed by atoms with Gasteiger partial charge < -0.3 is 9.08 Å². The first-order valence-electron chi connectivity index (χ1n) is 6.11. The van der Waals surface area contributed by atoms with Crippen molar-refractivity contribution in [2.24, 2.45) is 0 Å². The maximum Gasteiger partial charge on any atom is 0.534 e. The topological polar surface area (TPSA) is 63.7 Å². The van der Waals surface area contributed by atoms with Gasteiger partial charge in [0.15, 0.2) is 5.76 Å². The Morgan fingerprint density at radius 1 is 1.40 bits per heavy atom. The van der Waals surface area contributed by atoms with Crippen molar-refractivity contribution < 1.29 is 30.6 Å². The number of hydrogen-bond donors (Lipinski definition) is 0. The van der Waals surface area contributed by atoms with Crippen LogP contribution < -0.4 is 0 Å². The van der Waals surface area contributed by atoms with Crippen LogP contribution >= 0.6 is 0 Å². The molecule has 2 aliphatic rings. The number of alkyl halides is 3. The van der Waals surface area contributed by atoms with Gasteiger partial charge in [-0.3, -0.25) is 4.79 Å². The smallest absolute Gasteiger partial charge is 0.378 e. The second-order valence-corrected chi connectivity index (χ2v) is 6.42. The normalized spacial score (nSPS) is 27.2. The van der Waals surface area contributed by atoms with E-state index < -0.39 is 27.1 Å². The number of rotatable bonds is 3. The van der Waals surface area contributed by atoms with Gasteiger partial charge in [-0.05, 0) is 26.2 Å². The maximum absolute atomic E-state index is 12.4. The summed E-state index contributed by atoms with van der Waals surface area (Å²) in [7, 11) is -5.76. The fourth-order valence-corrected chi connectivity index (χ4v) is 3.48. The van der Waals surface area contributed by atoms with Crippen LogP contribution in [0.3, 0.4) is 0 Å². The predicted molar refractivity (Wildman–Crippen MR) is 62.7 cm³/mol. The van der Waals surface area contributed by atoms with Gasteiger partial charge in [-0.2, -0.15) is 21.6 Å². The Kier molecular flexibility index (Phi) is 3.31. The third-order valence-corrected chi connectivity index (χ3v) is 4.83. The molecule has 114 valence electrons. The van der Waals surface area contributed by atoms with Crippen molar-refractivity contribution in [3.05, 3.63) is 11.3 Å². The maximum atomic E-state index is 12.4. The molecule has 0 radical (unpaired) electrons. The zero-order chi connectivity index (χ0) is 15.3. The lowest BCUT2D eigenvalue weighted by atomic mass is 9.91. The Bertz CT molecular complexity index is 581. The fraction of sp³-hybridized carbons (Fsp3) is 0.727. The fourth-order valence-electron chi connectivity index (χ4n) is 2.88. The highest BCUT2D eigenvalue weighted by atomic mass is 32.2. The van der Waals surface area contributed by atoms with E-state index in [2.05, 4.69) is 4.18 Å². The lowest BCUT2D eigenvalue weighted by Crippen LogP contribution is -2.44. The van der Waals surface area contributed by atoms with E-state index >= 15 is 0 Å². The van der Waals surface area contributed by atoms with E-state index in [-0.39, 0.29) is 11.3 Å². The quantitative estimate of drug-likeness (QED) is 0.590. The van der Waals surface area contributed by atoms with E-state index in [1.165, 1.54) is 11.8 Å². The minimum absolute atomic E-state index is 0.0700. The van der Waals surface area contributed by atoms with Crippen LogP contribution in [0.4, 0.5) is 13.2 Å². The molecule has 0 saturated carbocycles. The van der Waals surface area contributed by atoms with Crippen LogP contribution in [0.1, 0.15) is 33.1 Å². The van der Waals surface area contributed by atoms with Crippen LogP contribution in [-0.4, -0.2) is 36.8 Å². The van der Waals surface area contributed by atoms with Gasteiger partial charge in [0.2, 0.25) is 0 Å². The van der Waals surface area contributed by atoms with Crippen LogP contribution in [0.5, 0.6) is 0 Å². The predicted octanol–water partition coefficient (Wildman–Crippen LogP) is 1.91. The molecular formula is C11H14F3NO4S. The summed E-state index contributed by atoms with van der Waals surface area (Å²) in [5.41, 5.74) is -6.64. The van der Waals surface area contributed by atoms with Gasteiger partial charge in [-0.1, -0.05) is 6.92 Å². The summed E-state index contributed by atoms with van der Waals surface area (Å²) in [6, 6.07) is 0. The van der Waals surface area contributed by atoms with E-state index in [4.69, 9.17) is 0 Å². The Morgan fingerprint density at radius 3 is 2.50 bits per heavy atom. The van der Waals surface area contributed by atoms with Crippen molar-refractivity contribution in [3.8, 4) is 0 Å². The molecule has 2 aliphatic heterocycles. The largest absolute Gasteiger partial charge is 0.534 e. The SMILES string of the molecule is CC[C@@]12CCCN1C(=O)C(C)=C2OS(=O)(=O)C(F)(F)F. The molecule has 0 spiro atoms. The first-order valence-corrected chi connectivity index (χ1v) is 7.52.